The molecule has 0 rings (SSSR count). The molecule has 0 aliphatic carbocycles. The van der Waals surface area contributed by atoms with Gasteiger partial charge in [-0.1, -0.05) is 20.8 Å². The van der Waals surface area contributed by atoms with Crippen LogP contribution in [-0.4, -0.2) is 19.1 Å². The molecular formula is C13H30N2. The molecule has 0 radical (unpaired) electrons. The number of hydrogen-bond donors (Lipinski definition) is 2. The van der Waals surface area contributed by atoms with Crippen LogP contribution in [0.25, 0.3) is 0 Å². The molecule has 0 aromatic heterocycles. The molecule has 92 valence electrons. The van der Waals surface area contributed by atoms with Gasteiger partial charge in [-0.25, -0.2) is 0 Å². The number of nitrogens with two attached hydrogens (primary N) is 1. The van der Waals surface area contributed by atoms with Crippen LogP contribution in [0.2, 0.25) is 0 Å². The molecule has 2 atom stereocenters. The minimum Gasteiger partial charge on any atom is -0.330 e. The van der Waals surface area contributed by atoms with E-state index in [0.717, 1.165) is 24.9 Å². The molecule has 0 spiro atoms. The zero-order chi connectivity index (χ0) is 11.7. The maximum atomic E-state index is 5.63. The van der Waals surface area contributed by atoms with Crippen LogP contribution in [0, 0.1) is 11.8 Å². The predicted molar refractivity (Wildman–Crippen MR) is 69.0 cm³/mol. The Labute approximate surface area is 96.0 Å². The zero-order valence-electron chi connectivity index (χ0n) is 11.1. The normalized spacial score (nSPS) is 15.6. The second-order valence-corrected chi connectivity index (χ2v) is 4.99. The van der Waals surface area contributed by atoms with Crippen LogP contribution in [-0.2, 0) is 0 Å². The molecule has 0 aromatic carbocycles. The van der Waals surface area contributed by atoms with Gasteiger partial charge in [0.1, 0.15) is 0 Å². The molecule has 0 aliphatic rings. The minimum atomic E-state index is 0.664. The number of nitrogens with one attached hydrogen (secondary N) is 1. The Hall–Kier alpha value is -0.0800. The summed E-state index contributed by atoms with van der Waals surface area (Å²) in [5.74, 6) is 1.59. The van der Waals surface area contributed by atoms with Crippen LogP contribution in [0.5, 0.6) is 0 Å². The first-order valence-electron chi connectivity index (χ1n) is 6.55. The fraction of sp³-hybridized carbons (Fsp3) is 1.00. The molecule has 15 heavy (non-hydrogen) atoms. The molecule has 2 heteroatoms. The summed E-state index contributed by atoms with van der Waals surface area (Å²) in [6.07, 6.45) is 5.00. The van der Waals surface area contributed by atoms with Gasteiger partial charge in [0.25, 0.3) is 0 Å². The molecule has 2 unspecified atom stereocenters. The lowest BCUT2D eigenvalue weighted by molar-refractivity contribution is 0.328. The van der Waals surface area contributed by atoms with Gasteiger partial charge in [0.2, 0.25) is 0 Å². The van der Waals surface area contributed by atoms with Crippen molar-refractivity contribution in [3.8, 4) is 0 Å². The Morgan fingerprint density at radius 3 is 2.27 bits per heavy atom. The standard InChI is InChI=1S/C13H30N2/c1-5-12(4)15-10-6-7-13(8-9-14)11(2)3/h11-13,15H,5-10,14H2,1-4H3. The van der Waals surface area contributed by atoms with Crippen molar-refractivity contribution in [2.45, 2.75) is 59.4 Å². The molecule has 0 fully saturated rings. The highest BCUT2D eigenvalue weighted by Crippen LogP contribution is 2.19. The molecule has 0 saturated heterocycles. The van der Waals surface area contributed by atoms with Crippen LogP contribution in [0.4, 0.5) is 0 Å². The molecular weight excluding hydrogens is 184 g/mol. The summed E-state index contributed by atoms with van der Waals surface area (Å²) in [4.78, 5) is 0. The first-order chi connectivity index (χ1) is 7.11. The van der Waals surface area contributed by atoms with Gasteiger partial charge >= 0.3 is 0 Å². The maximum absolute atomic E-state index is 5.63. The third-order valence-corrected chi connectivity index (χ3v) is 3.34. The van der Waals surface area contributed by atoms with Gasteiger partial charge in [-0.2, -0.15) is 0 Å². The number of rotatable bonds is 9. The van der Waals surface area contributed by atoms with E-state index in [2.05, 4.69) is 33.0 Å². The zero-order valence-corrected chi connectivity index (χ0v) is 11.1. The van der Waals surface area contributed by atoms with Gasteiger partial charge in [0.15, 0.2) is 0 Å². The Balaban J connectivity index is 3.53. The van der Waals surface area contributed by atoms with Crippen LogP contribution in [0.3, 0.4) is 0 Å². The predicted octanol–water partition coefficient (Wildman–Crippen LogP) is 2.78. The molecule has 0 aromatic rings. The summed E-state index contributed by atoms with van der Waals surface area (Å²) >= 11 is 0. The average molecular weight is 214 g/mol. The van der Waals surface area contributed by atoms with E-state index in [9.17, 15) is 0 Å². The second-order valence-electron chi connectivity index (χ2n) is 4.99. The van der Waals surface area contributed by atoms with E-state index >= 15 is 0 Å². The lowest BCUT2D eigenvalue weighted by Gasteiger charge is -2.20. The van der Waals surface area contributed by atoms with E-state index < -0.39 is 0 Å². The SMILES string of the molecule is CCC(C)NCCCC(CCN)C(C)C. The van der Waals surface area contributed by atoms with Crippen molar-refractivity contribution in [3.05, 3.63) is 0 Å². The molecule has 0 bridgehead atoms. The second kappa shape index (κ2) is 9.17. The first kappa shape index (κ1) is 14.9. The van der Waals surface area contributed by atoms with Gasteiger partial charge in [-0.3, -0.25) is 0 Å². The quantitative estimate of drug-likeness (QED) is 0.579. The van der Waals surface area contributed by atoms with E-state index in [4.69, 9.17) is 5.73 Å². The third-order valence-electron chi connectivity index (χ3n) is 3.34. The van der Waals surface area contributed by atoms with Crippen LogP contribution < -0.4 is 11.1 Å². The van der Waals surface area contributed by atoms with Crippen LogP contribution >= 0.6 is 0 Å². The van der Waals surface area contributed by atoms with Gasteiger partial charge in [0.05, 0.1) is 0 Å². The molecule has 0 aliphatic heterocycles. The van der Waals surface area contributed by atoms with Crippen LogP contribution in [0.1, 0.15) is 53.4 Å². The van der Waals surface area contributed by atoms with Crippen molar-refractivity contribution < 1.29 is 0 Å². The van der Waals surface area contributed by atoms with Crippen molar-refractivity contribution in [1.82, 2.24) is 5.32 Å². The Kier molecular flexibility index (Phi) is 9.12. The Bertz CT molecular complexity index is 134. The highest BCUT2D eigenvalue weighted by atomic mass is 14.9. The molecule has 0 amide bonds. The molecule has 0 heterocycles. The van der Waals surface area contributed by atoms with Crippen molar-refractivity contribution in [2.75, 3.05) is 13.1 Å². The Morgan fingerprint density at radius 1 is 1.13 bits per heavy atom. The minimum absolute atomic E-state index is 0.664. The van der Waals surface area contributed by atoms with Crippen molar-refractivity contribution in [2.24, 2.45) is 17.6 Å². The maximum Gasteiger partial charge on any atom is 0.00360 e. The third kappa shape index (κ3) is 7.80. The first-order valence-corrected chi connectivity index (χ1v) is 6.55. The fourth-order valence-corrected chi connectivity index (χ4v) is 1.88. The average Bonchev–Trinajstić information content (AvgIpc) is 2.21. The highest BCUT2D eigenvalue weighted by molar-refractivity contribution is 4.65. The summed E-state index contributed by atoms with van der Waals surface area (Å²) in [6, 6.07) is 0.664. The van der Waals surface area contributed by atoms with E-state index in [0.29, 0.717) is 6.04 Å². The van der Waals surface area contributed by atoms with E-state index in [1.54, 1.807) is 0 Å². The van der Waals surface area contributed by atoms with Gasteiger partial charge in [-0.15, -0.1) is 0 Å². The van der Waals surface area contributed by atoms with Crippen molar-refractivity contribution in [3.63, 3.8) is 0 Å². The lowest BCUT2D eigenvalue weighted by Crippen LogP contribution is -2.26. The highest BCUT2D eigenvalue weighted by Gasteiger charge is 2.11. The molecule has 0 saturated carbocycles. The Morgan fingerprint density at radius 2 is 1.80 bits per heavy atom. The van der Waals surface area contributed by atoms with Gasteiger partial charge in [-0.05, 0) is 57.5 Å². The molecule has 3 N–H and O–H groups in total. The largest absolute Gasteiger partial charge is 0.330 e. The molecule has 2 nitrogen and oxygen atoms in total. The fourth-order valence-electron chi connectivity index (χ4n) is 1.88. The van der Waals surface area contributed by atoms with Gasteiger partial charge < -0.3 is 11.1 Å². The van der Waals surface area contributed by atoms with Crippen molar-refractivity contribution >= 4 is 0 Å². The van der Waals surface area contributed by atoms with E-state index in [1.807, 2.05) is 0 Å². The summed E-state index contributed by atoms with van der Waals surface area (Å²) in [5, 5.41) is 3.54. The topological polar surface area (TPSA) is 38.0 Å². The lowest BCUT2D eigenvalue weighted by atomic mass is 9.88. The monoisotopic (exact) mass is 214 g/mol. The summed E-state index contributed by atoms with van der Waals surface area (Å²) in [7, 11) is 0. The summed E-state index contributed by atoms with van der Waals surface area (Å²) < 4.78 is 0. The van der Waals surface area contributed by atoms with E-state index in [-0.39, 0.29) is 0 Å². The van der Waals surface area contributed by atoms with Crippen molar-refractivity contribution in [1.29, 1.82) is 0 Å². The van der Waals surface area contributed by atoms with E-state index in [1.165, 1.54) is 25.7 Å². The van der Waals surface area contributed by atoms with Crippen LogP contribution in [0.15, 0.2) is 0 Å². The number of hydrogen-bond acceptors (Lipinski definition) is 2. The smallest absolute Gasteiger partial charge is 0.00360 e. The summed E-state index contributed by atoms with van der Waals surface area (Å²) in [6.45, 7) is 11.1. The van der Waals surface area contributed by atoms with Gasteiger partial charge in [0, 0.05) is 6.04 Å². The summed E-state index contributed by atoms with van der Waals surface area (Å²) in [5.41, 5.74) is 5.63.